The molecule has 3 heterocycles. The molecule has 0 spiro atoms. The smallest absolute Gasteiger partial charge is 0.233 e. The number of rotatable bonds is 7. The standard InChI is InChI=1S/C26H32N6O2S/c1-34-23-13-7-6-12-22(23)32-25(31-14-8-3-9-15-31)27-28-26(32)35-20-24(33)30-18-16-29(17-19-30)21-10-4-2-5-11-21/h2,4-7,10-13H,3,8-9,14-20H2,1H3. The lowest BCUT2D eigenvalue weighted by atomic mass is 10.1. The number of carbonyl (C=O) groups is 1. The number of methoxy groups -OCH3 is 1. The normalized spacial score (nSPS) is 16.4. The van der Waals surface area contributed by atoms with Gasteiger partial charge in [-0.25, -0.2) is 0 Å². The molecule has 8 nitrogen and oxygen atoms in total. The van der Waals surface area contributed by atoms with Crippen LogP contribution in [0.15, 0.2) is 59.8 Å². The Hall–Kier alpha value is -3.20. The van der Waals surface area contributed by atoms with Gasteiger partial charge in [0.15, 0.2) is 5.16 Å². The van der Waals surface area contributed by atoms with E-state index >= 15 is 0 Å². The maximum atomic E-state index is 13.1. The third-order valence-corrected chi connectivity index (χ3v) is 7.57. The van der Waals surface area contributed by atoms with Crippen LogP contribution in [-0.2, 0) is 4.79 Å². The molecular weight excluding hydrogens is 460 g/mol. The highest BCUT2D eigenvalue weighted by Crippen LogP contribution is 2.33. The Labute approximate surface area is 210 Å². The average molecular weight is 493 g/mol. The second kappa shape index (κ2) is 11.0. The van der Waals surface area contributed by atoms with Crippen LogP contribution in [0.3, 0.4) is 0 Å². The number of piperidine rings is 1. The molecule has 0 N–H and O–H groups in total. The predicted octanol–water partition coefficient (Wildman–Crippen LogP) is 3.71. The van der Waals surface area contributed by atoms with Gasteiger partial charge in [-0.15, -0.1) is 10.2 Å². The minimum Gasteiger partial charge on any atom is -0.495 e. The SMILES string of the molecule is COc1ccccc1-n1c(SCC(=O)N2CCN(c3ccccc3)CC2)nnc1N1CCCCC1. The van der Waals surface area contributed by atoms with Crippen molar-refractivity contribution in [2.45, 2.75) is 24.4 Å². The van der Waals surface area contributed by atoms with Gasteiger partial charge < -0.3 is 19.4 Å². The zero-order valence-electron chi connectivity index (χ0n) is 20.2. The van der Waals surface area contributed by atoms with E-state index in [1.165, 1.54) is 23.9 Å². The van der Waals surface area contributed by atoms with Crippen molar-refractivity contribution >= 4 is 29.3 Å². The summed E-state index contributed by atoms with van der Waals surface area (Å²) in [5.74, 6) is 2.05. The lowest BCUT2D eigenvalue weighted by Crippen LogP contribution is -2.49. The van der Waals surface area contributed by atoms with E-state index < -0.39 is 0 Å². The van der Waals surface area contributed by atoms with E-state index in [9.17, 15) is 4.79 Å². The van der Waals surface area contributed by atoms with E-state index in [0.717, 1.165) is 69.5 Å². The first-order chi connectivity index (χ1) is 17.2. The lowest BCUT2D eigenvalue weighted by molar-refractivity contribution is -0.128. The van der Waals surface area contributed by atoms with Gasteiger partial charge in [-0.1, -0.05) is 42.1 Å². The molecule has 5 rings (SSSR count). The summed E-state index contributed by atoms with van der Waals surface area (Å²) in [4.78, 5) is 19.7. The molecule has 0 aliphatic carbocycles. The van der Waals surface area contributed by atoms with Crippen LogP contribution in [0.4, 0.5) is 11.6 Å². The third-order valence-electron chi connectivity index (χ3n) is 6.66. The van der Waals surface area contributed by atoms with Crippen molar-refractivity contribution in [3.8, 4) is 11.4 Å². The van der Waals surface area contributed by atoms with Crippen LogP contribution in [0.25, 0.3) is 5.69 Å². The van der Waals surface area contributed by atoms with E-state index in [1.807, 2.05) is 35.2 Å². The first kappa shape index (κ1) is 23.5. The van der Waals surface area contributed by atoms with Crippen molar-refractivity contribution in [3.63, 3.8) is 0 Å². The van der Waals surface area contributed by atoms with E-state index in [2.05, 4.69) is 48.8 Å². The summed E-state index contributed by atoms with van der Waals surface area (Å²) in [5, 5.41) is 9.78. The molecule has 1 amide bonds. The molecule has 184 valence electrons. The number of para-hydroxylation sites is 3. The molecule has 2 aliphatic heterocycles. The summed E-state index contributed by atoms with van der Waals surface area (Å²) < 4.78 is 7.70. The zero-order valence-corrected chi connectivity index (χ0v) is 21.0. The molecule has 2 fully saturated rings. The fraction of sp³-hybridized carbons (Fsp3) is 0.423. The molecule has 35 heavy (non-hydrogen) atoms. The maximum absolute atomic E-state index is 13.1. The van der Waals surface area contributed by atoms with Gasteiger partial charge in [0.2, 0.25) is 11.9 Å². The number of thioether (sulfide) groups is 1. The number of carbonyl (C=O) groups excluding carboxylic acids is 1. The second-order valence-electron chi connectivity index (χ2n) is 8.83. The number of hydrogen-bond donors (Lipinski definition) is 0. The monoisotopic (exact) mass is 492 g/mol. The first-order valence-electron chi connectivity index (χ1n) is 12.3. The second-order valence-corrected chi connectivity index (χ2v) is 9.77. The quantitative estimate of drug-likeness (QED) is 0.466. The number of hydrogen-bond acceptors (Lipinski definition) is 7. The average Bonchev–Trinajstić information content (AvgIpc) is 3.36. The van der Waals surface area contributed by atoms with Crippen LogP contribution < -0.4 is 14.5 Å². The van der Waals surface area contributed by atoms with Crippen LogP contribution in [0.5, 0.6) is 5.75 Å². The maximum Gasteiger partial charge on any atom is 0.233 e. The molecule has 2 saturated heterocycles. The molecule has 9 heteroatoms. The number of nitrogens with zero attached hydrogens (tertiary/aromatic N) is 6. The number of amides is 1. The highest BCUT2D eigenvalue weighted by Gasteiger charge is 2.26. The predicted molar refractivity (Wildman–Crippen MR) is 140 cm³/mol. The summed E-state index contributed by atoms with van der Waals surface area (Å²) >= 11 is 1.45. The summed E-state index contributed by atoms with van der Waals surface area (Å²) in [6.45, 7) is 5.07. The van der Waals surface area contributed by atoms with Gasteiger partial charge >= 0.3 is 0 Å². The van der Waals surface area contributed by atoms with Crippen LogP contribution in [-0.4, -0.2) is 77.7 Å². The van der Waals surface area contributed by atoms with Crippen molar-refractivity contribution in [1.29, 1.82) is 0 Å². The summed E-state index contributed by atoms with van der Waals surface area (Å²) in [6.07, 6.45) is 3.54. The van der Waals surface area contributed by atoms with Gasteiger partial charge in [0.05, 0.1) is 18.6 Å². The van der Waals surface area contributed by atoms with Crippen molar-refractivity contribution in [2.75, 3.05) is 61.9 Å². The highest BCUT2D eigenvalue weighted by molar-refractivity contribution is 7.99. The lowest BCUT2D eigenvalue weighted by Gasteiger charge is -2.36. The number of benzene rings is 2. The molecule has 0 saturated carbocycles. The van der Waals surface area contributed by atoms with Gasteiger partial charge in [0, 0.05) is 45.0 Å². The Bertz CT molecular complexity index is 1120. The third kappa shape index (κ3) is 5.24. The van der Waals surface area contributed by atoms with Crippen molar-refractivity contribution in [1.82, 2.24) is 19.7 Å². The molecule has 3 aromatic rings. The number of aromatic nitrogens is 3. The van der Waals surface area contributed by atoms with Gasteiger partial charge in [-0.2, -0.15) is 0 Å². The molecule has 2 aromatic carbocycles. The van der Waals surface area contributed by atoms with Crippen LogP contribution in [0.1, 0.15) is 19.3 Å². The Balaban J connectivity index is 1.29. The minimum atomic E-state index is 0.136. The first-order valence-corrected chi connectivity index (χ1v) is 13.3. The van der Waals surface area contributed by atoms with Gasteiger partial charge in [-0.3, -0.25) is 9.36 Å². The molecule has 0 bridgehead atoms. The number of ether oxygens (including phenoxy) is 1. The minimum absolute atomic E-state index is 0.136. The molecule has 0 atom stereocenters. The molecule has 2 aliphatic rings. The summed E-state index contributed by atoms with van der Waals surface area (Å²) in [7, 11) is 1.68. The number of anilines is 2. The van der Waals surface area contributed by atoms with E-state index in [0.29, 0.717) is 10.9 Å². The van der Waals surface area contributed by atoms with Gasteiger partial charge in [-0.05, 0) is 43.5 Å². The van der Waals surface area contributed by atoms with E-state index in [4.69, 9.17) is 4.74 Å². The Morgan fingerprint density at radius 3 is 2.31 bits per heavy atom. The van der Waals surface area contributed by atoms with Crippen LogP contribution in [0, 0.1) is 0 Å². The molecule has 0 unspecified atom stereocenters. The van der Waals surface area contributed by atoms with Gasteiger partial charge in [0.1, 0.15) is 5.75 Å². The van der Waals surface area contributed by atoms with E-state index in [-0.39, 0.29) is 5.91 Å². The van der Waals surface area contributed by atoms with Crippen LogP contribution >= 0.6 is 11.8 Å². The van der Waals surface area contributed by atoms with Gasteiger partial charge in [0.25, 0.3) is 0 Å². The molecule has 0 radical (unpaired) electrons. The zero-order chi connectivity index (χ0) is 24.0. The largest absolute Gasteiger partial charge is 0.495 e. The summed E-state index contributed by atoms with van der Waals surface area (Å²) in [6, 6.07) is 18.3. The topological polar surface area (TPSA) is 66.7 Å². The van der Waals surface area contributed by atoms with E-state index in [1.54, 1.807) is 7.11 Å². The Morgan fingerprint density at radius 2 is 1.57 bits per heavy atom. The Kier molecular flexibility index (Phi) is 7.42. The molecule has 1 aromatic heterocycles. The van der Waals surface area contributed by atoms with Crippen molar-refractivity contribution in [3.05, 3.63) is 54.6 Å². The van der Waals surface area contributed by atoms with Crippen molar-refractivity contribution in [2.24, 2.45) is 0 Å². The number of piperazine rings is 1. The fourth-order valence-electron chi connectivity index (χ4n) is 4.75. The van der Waals surface area contributed by atoms with Crippen molar-refractivity contribution < 1.29 is 9.53 Å². The fourth-order valence-corrected chi connectivity index (χ4v) is 5.59. The summed E-state index contributed by atoms with van der Waals surface area (Å²) in [5.41, 5.74) is 2.11. The Morgan fingerprint density at radius 1 is 0.857 bits per heavy atom. The highest BCUT2D eigenvalue weighted by atomic mass is 32.2. The molecular formula is C26H32N6O2S. The van der Waals surface area contributed by atoms with Crippen LogP contribution in [0.2, 0.25) is 0 Å².